The predicted molar refractivity (Wildman–Crippen MR) is 151 cm³/mol. The van der Waals surface area contributed by atoms with Crippen molar-refractivity contribution < 1.29 is 4.79 Å². The van der Waals surface area contributed by atoms with Crippen LogP contribution >= 0.6 is 11.8 Å². The van der Waals surface area contributed by atoms with Gasteiger partial charge in [-0.15, -0.1) is 5.92 Å². The summed E-state index contributed by atoms with van der Waals surface area (Å²) in [6.07, 6.45) is 6.98. The first-order valence-electron chi connectivity index (χ1n) is 12.1. The van der Waals surface area contributed by atoms with E-state index in [0.29, 0.717) is 33.3 Å². The lowest BCUT2D eigenvalue weighted by Crippen LogP contribution is -2.17. The zero-order valence-electron chi connectivity index (χ0n) is 21.7. The van der Waals surface area contributed by atoms with Crippen molar-refractivity contribution in [3.63, 3.8) is 0 Å². The maximum Gasteiger partial charge on any atom is 0.255 e. The van der Waals surface area contributed by atoms with Crippen molar-refractivity contribution in [3.05, 3.63) is 71.7 Å². The van der Waals surface area contributed by atoms with Crippen LogP contribution in [0.5, 0.6) is 0 Å². The average Bonchev–Trinajstić information content (AvgIpc) is 2.90. The Hall–Kier alpha value is -3.96. The van der Waals surface area contributed by atoms with Crippen LogP contribution in [0.3, 0.4) is 0 Å². The van der Waals surface area contributed by atoms with E-state index in [-0.39, 0.29) is 11.3 Å². The van der Waals surface area contributed by atoms with Crippen molar-refractivity contribution in [1.29, 1.82) is 0 Å². The van der Waals surface area contributed by atoms with Crippen LogP contribution in [0.1, 0.15) is 55.1 Å². The summed E-state index contributed by atoms with van der Waals surface area (Å²) >= 11 is 1.46. The van der Waals surface area contributed by atoms with E-state index in [2.05, 4.69) is 63.2 Å². The summed E-state index contributed by atoms with van der Waals surface area (Å²) in [6.45, 7) is 8.26. The van der Waals surface area contributed by atoms with Crippen molar-refractivity contribution in [2.75, 3.05) is 16.9 Å². The lowest BCUT2D eigenvalue weighted by molar-refractivity contribution is 0.102. The number of hydrogen-bond acceptors (Lipinski definition) is 7. The molecule has 2 aromatic heterocycles. The zero-order valence-corrected chi connectivity index (χ0v) is 22.5. The average molecular weight is 511 g/mol. The fraction of sp³-hybridized carbons (Fsp3) is 0.276. The number of nitrogens with zero attached hydrogens (tertiary/aromatic N) is 4. The highest BCUT2D eigenvalue weighted by Gasteiger charge is 2.19. The molecule has 0 saturated carbocycles. The molecule has 2 aromatic carbocycles. The van der Waals surface area contributed by atoms with Crippen molar-refractivity contribution in [2.24, 2.45) is 0 Å². The summed E-state index contributed by atoms with van der Waals surface area (Å²) in [7, 11) is 0. The molecule has 188 valence electrons. The van der Waals surface area contributed by atoms with E-state index in [1.807, 2.05) is 55.6 Å². The Morgan fingerprint density at radius 2 is 1.95 bits per heavy atom. The van der Waals surface area contributed by atoms with Gasteiger partial charge in [-0.1, -0.05) is 42.8 Å². The Morgan fingerprint density at radius 3 is 2.73 bits per heavy atom. The van der Waals surface area contributed by atoms with Gasteiger partial charge < -0.3 is 10.6 Å². The van der Waals surface area contributed by atoms with Gasteiger partial charge in [0.15, 0.2) is 11.0 Å². The minimum absolute atomic E-state index is 0.182. The second-order valence-corrected chi connectivity index (χ2v) is 9.95. The molecule has 2 N–H and O–H groups in total. The number of aryl methyl sites for hydroxylation is 1. The van der Waals surface area contributed by atoms with E-state index in [0.717, 1.165) is 29.7 Å². The molecule has 4 rings (SSSR count). The highest BCUT2D eigenvalue weighted by molar-refractivity contribution is 7.98. The third kappa shape index (κ3) is 6.25. The number of hydrogen-bond donors (Lipinski definition) is 2. The minimum atomic E-state index is -0.341. The van der Waals surface area contributed by atoms with Crippen LogP contribution in [-0.4, -0.2) is 32.1 Å². The number of amides is 1. The van der Waals surface area contributed by atoms with Gasteiger partial charge in [0.2, 0.25) is 0 Å². The Bertz CT molecular complexity index is 1510. The van der Waals surface area contributed by atoms with Gasteiger partial charge in [-0.3, -0.25) is 4.79 Å². The van der Waals surface area contributed by atoms with E-state index < -0.39 is 0 Å². The summed E-state index contributed by atoms with van der Waals surface area (Å²) in [6, 6.07) is 13.4. The normalized spacial score (nSPS) is 11.1. The molecule has 4 aromatic rings. The molecule has 0 spiro atoms. The lowest BCUT2D eigenvalue weighted by Gasteiger charge is -2.19. The maximum atomic E-state index is 13.1. The van der Waals surface area contributed by atoms with Gasteiger partial charge in [0, 0.05) is 23.4 Å². The molecular weight excluding hydrogens is 480 g/mol. The molecule has 8 heteroatoms. The van der Waals surface area contributed by atoms with Crippen molar-refractivity contribution >= 4 is 45.9 Å². The summed E-state index contributed by atoms with van der Waals surface area (Å²) in [5.74, 6) is 6.97. The fourth-order valence-electron chi connectivity index (χ4n) is 3.72. The molecule has 0 atom stereocenters. The quantitative estimate of drug-likeness (QED) is 0.166. The molecule has 0 aliphatic heterocycles. The number of rotatable bonds is 7. The summed E-state index contributed by atoms with van der Waals surface area (Å²) in [4.78, 5) is 30.7. The Morgan fingerprint density at radius 1 is 1.11 bits per heavy atom. The largest absolute Gasteiger partial charge is 0.338 e. The summed E-state index contributed by atoms with van der Waals surface area (Å²) < 4.78 is 0. The standard InChI is InChI=1S/C29H30N6OS/c1-6-7-8-14-29(3,4)21-11-9-10-20(15-21)27(36)33-22-13-12-19(2)23(16-22)34-26-25-24(31-18-32-26)17-30-28(35-25)37-5/h9-13,15-18H,6-7H2,1-5H3,(H,33,36)(H,31,32,34). The Balaban J connectivity index is 1.57. The first-order chi connectivity index (χ1) is 17.8. The van der Waals surface area contributed by atoms with Crippen molar-refractivity contribution in [3.8, 4) is 11.8 Å². The molecule has 0 aliphatic rings. The second kappa shape index (κ2) is 11.4. The van der Waals surface area contributed by atoms with Gasteiger partial charge in [0.1, 0.15) is 17.4 Å². The molecule has 0 radical (unpaired) electrons. The summed E-state index contributed by atoms with van der Waals surface area (Å²) in [5.41, 5.74) is 5.02. The molecule has 0 fully saturated rings. The first-order valence-corrected chi connectivity index (χ1v) is 13.3. The number of unbranched alkanes of at least 4 members (excludes halogenated alkanes) is 1. The zero-order chi connectivity index (χ0) is 26.4. The molecule has 37 heavy (non-hydrogen) atoms. The van der Waals surface area contributed by atoms with Gasteiger partial charge in [-0.25, -0.2) is 19.9 Å². The van der Waals surface area contributed by atoms with E-state index in [4.69, 9.17) is 0 Å². The van der Waals surface area contributed by atoms with Crippen LogP contribution < -0.4 is 10.6 Å². The highest BCUT2D eigenvalue weighted by atomic mass is 32.2. The number of aromatic nitrogens is 4. The van der Waals surface area contributed by atoms with Gasteiger partial charge >= 0.3 is 0 Å². The monoisotopic (exact) mass is 510 g/mol. The molecule has 1 amide bonds. The van der Waals surface area contributed by atoms with Crippen molar-refractivity contribution in [1.82, 2.24) is 19.9 Å². The molecule has 7 nitrogen and oxygen atoms in total. The van der Waals surface area contributed by atoms with E-state index in [1.165, 1.54) is 18.1 Å². The topological polar surface area (TPSA) is 92.7 Å². The SMILES string of the molecule is CCCC#CC(C)(C)c1cccc(C(=O)Nc2ccc(C)c(Nc3ncnc4cnc(SC)nc34)c2)c1. The number of thioether (sulfide) groups is 1. The first kappa shape index (κ1) is 26.1. The van der Waals surface area contributed by atoms with Crippen LogP contribution in [0.15, 0.2) is 60.1 Å². The summed E-state index contributed by atoms with van der Waals surface area (Å²) in [5, 5.41) is 7.02. The number of anilines is 3. The molecule has 0 bridgehead atoms. The minimum Gasteiger partial charge on any atom is -0.338 e. The smallest absolute Gasteiger partial charge is 0.255 e. The molecule has 2 heterocycles. The van der Waals surface area contributed by atoms with E-state index >= 15 is 0 Å². The maximum absolute atomic E-state index is 13.1. The van der Waals surface area contributed by atoms with Crippen LogP contribution in [-0.2, 0) is 5.41 Å². The van der Waals surface area contributed by atoms with E-state index in [1.54, 1.807) is 6.20 Å². The second-order valence-electron chi connectivity index (χ2n) is 9.18. The lowest BCUT2D eigenvalue weighted by atomic mass is 9.84. The van der Waals surface area contributed by atoms with Gasteiger partial charge in [-0.05, 0) is 68.8 Å². The molecule has 0 saturated heterocycles. The Labute approximate surface area is 222 Å². The van der Waals surface area contributed by atoms with E-state index in [9.17, 15) is 4.79 Å². The number of carbonyl (C=O) groups excluding carboxylic acids is 1. The van der Waals surface area contributed by atoms with Gasteiger partial charge in [-0.2, -0.15) is 0 Å². The number of benzene rings is 2. The Kier molecular flexibility index (Phi) is 8.04. The van der Waals surface area contributed by atoms with Crippen LogP contribution in [0.25, 0.3) is 11.0 Å². The van der Waals surface area contributed by atoms with Gasteiger partial charge in [0.25, 0.3) is 5.91 Å². The van der Waals surface area contributed by atoms with Crippen LogP contribution in [0.4, 0.5) is 17.2 Å². The number of carbonyl (C=O) groups is 1. The van der Waals surface area contributed by atoms with Gasteiger partial charge in [0.05, 0.1) is 11.6 Å². The fourth-order valence-corrected chi connectivity index (χ4v) is 4.06. The molecule has 0 unspecified atom stereocenters. The van der Waals surface area contributed by atoms with Crippen molar-refractivity contribution in [2.45, 2.75) is 51.1 Å². The predicted octanol–water partition coefficient (Wildman–Crippen LogP) is 6.53. The third-order valence-corrected chi connectivity index (χ3v) is 6.47. The number of nitrogens with one attached hydrogen (secondary N) is 2. The third-order valence-electron chi connectivity index (χ3n) is 5.91. The molecule has 0 aliphatic carbocycles. The van der Waals surface area contributed by atoms with Crippen LogP contribution in [0, 0.1) is 18.8 Å². The molecular formula is C29H30N6OS. The highest BCUT2D eigenvalue weighted by Crippen LogP contribution is 2.28. The number of fused-ring (bicyclic) bond motifs is 1. The van der Waals surface area contributed by atoms with Crippen LogP contribution in [0.2, 0.25) is 0 Å².